The predicted octanol–water partition coefficient (Wildman–Crippen LogP) is 2.69. The molecule has 142 valence electrons. The topological polar surface area (TPSA) is 113 Å². The number of amides is 2. The van der Waals surface area contributed by atoms with Crippen molar-refractivity contribution in [2.45, 2.75) is 20.8 Å². The van der Waals surface area contributed by atoms with Crippen LogP contribution < -0.4 is 16.0 Å². The number of non-ortho nitro benzene ring substituents is 1. The molecule has 0 aromatic heterocycles. The first kappa shape index (κ1) is 19.9. The number of anilines is 2. The number of hydrogen-bond acceptors (Lipinski definition) is 5. The minimum absolute atomic E-state index is 0.0661. The Bertz CT molecular complexity index is 857. The van der Waals surface area contributed by atoms with E-state index in [1.54, 1.807) is 6.07 Å². The normalized spacial score (nSPS) is 10.2. The first-order valence-electron chi connectivity index (χ1n) is 8.39. The Labute approximate surface area is 157 Å². The summed E-state index contributed by atoms with van der Waals surface area (Å²) in [7, 11) is 0. The van der Waals surface area contributed by atoms with Gasteiger partial charge in [0.05, 0.1) is 18.0 Å². The average molecular weight is 370 g/mol. The van der Waals surface area contributed by atoms with Crippen molar-refractivity contribution >= 4 is 28.9 Å². The van der Waals surface area contributed by atoms with E-state index >= 15 is 0 Å². The van der Waals surface area contributed by atoms with Crippen LogP contribution in [0.2, 0.25) is 0 Å². The van der Waals surface area contributed by atoms with Crippen LogP contribution in [-0.4, -0.2) is 29.8 Å². The molecule has 2 aromatic carbocycles. The van der Waals surface area contributed by atoms with E-state index in [-0.39, 0.29) is 24.7 Å². The third-order valence-corrected chi connectivity index (χ3v) is 3.90. The molecular formula is C19H22N4O4. The van der Waals surface area contributed by atoms with E-state index in [4.69, 9.17) is 0 Å². The van der Waals surface area contributed by atoms with Gasteiger partial charge in [0.1, 0.15) is 0 Å². The number of benzene rings is 2. The molecule has 2 aromatic rings. The van der Waals surface area contributed by atoms with E-state index in [2.05, 4.69) is 16.0 Å². The highest BCUT2D eigenvalue weighted by molar-refractivity contribution is 5.96. The molecular weight excluding hydrogens is 348 g/mol. The largest absolute Gasteiger partial charge is 0.376 e. The predicted molar refractivity (Wildman–Crippen MR) is 104 cm³/mol. The van der Waals surface area contributed by atoms with Crippen LogP contribution in [0, 0.1) is 30.9 Å². The smallest absolute Gasteiger partial charge is 0.271 e. The Kier molecular flexibility index (Phi) is 6.48. The molecule has 2 rings (SSSR count). The number of nitro groups is 1. The van der Waals surface area contributed by atoms with Gasteiger partial charge in [-0.1, -0.05) is 23.8 Å². The lowest BCUT2D eigenvalue weighted by atomic mass is 10.1. The maximum absolute atomic E-state index is 12.1. The fourth-order valence-corrected chi connectivity index (χ4v) is 2.71. The van der Waals surface area contributed by atoms with Crippen LogP contribution in [0.4, 0.5) is 17.1 Å². The van der Waals surface area contributed by atoms with Crippen molar-refractivity contribution in [1.82, 2.24) is 5.32 Å². The summed E-state index contributed by atoms with van der Waals surface area (Å²) in [6.07, 6.45) is 0. The summed E-state index contributed by atoms with van der Waals surface area (Å²) in [5, 5.41) is 18.8. The molecule has 0 radical (unpaired) electrons. The Morgan fingerprint density at radius 3 is 2.30 bits per heavy atom. The molecule has 2 amide bonds. The Balaban J connectivity index is 1.82. The first-order chi connectivity index (χ1) is 12.8. The number of nitro benzene ring substituents is 1. The zero-order valence-electron chi connectivity index (χ0n) is 15.5. The van der Waals surface area contributed by atoms with Gasteiger partial charge in [-0.2, -0.15) is 0 Å². The van der Waals surface area contributed by atoms with Crippen molar-refractivity contribution in [2.75, 3.05) is 23.7 Å². The molecule has 0 bridgehead atoms. The number of aryl methyl sites for hydroxylation is 3. The minimum atomic E-state index is -0.509. The lowest BCUT2D eigenvalue weighted by Gasteiger charge is -2.13. The van der Waals surface area contributed by atoms with Gasteiger partial charge in [-0.25, -0.2) is 0 Å². The van der Waals surface area contributed by atoms with Gasteiger partial charge in [-0.15, -0.1) is 0 Å². The number of nitrogens with zero attached hydrogens (tertiary/aromatic N) is 1. The number of hydrogen-bond donors (Lipinski definition) is 3. The Morgan fingerprint density at radius 2 is 1.67 bits per heavy atom. The monoisotopic (exact) mass is 370 g/mol. The molecule has 0 aliphatic carbocycles. The molecule has 0 aliphatic heterocycles. The quantitative estimate of drug-likeness (QED) is 0.512. The summed E-state index contributed by atoms with van der Waals surface area (Å²) in [5.41, 5.74) is 4.16. The van der Waals surface area contributed by atoms with E-state index in [9.17, 15) is 19.7 Å². The van der Waals surface area contributed by atoms with Gasteiger partial charge in [-0.05, 0) is 38.0 Å². The van der Waals surface area contributed by atoms with E-state index in [1.807, 2.05) is 32.9 Å². The van der Waals surface area contributed by atoms with Crippen LogP contribution in [-0.2, 0) is 9.59 Å². The maximum atomic E-state index is 12.1. The van der Waals surface area contributed by atoms with Gasteiger partial charge < -0.3 is 16.0 Å². The SMILES string of the molecule is Cc1cc(C)c(NC(=O)CNC(=O)CNc2cccc([N+](=O)[O-])c2)c(C)c1. The first-order valence-corrected chi connectivity index (χ1v) is 8.39. The zero-order valence-corrected chi connectivity index (χ0v) is 15.5. The van der Waals surface area contributed by atoms with Crippen molar-refractivity contribution in [3.63, 3.8) is 0 Å². The molecule has 3 N–H and O–H groups in total. The second kappa shape index (κ2) is 8.79. The molecule has 0 saturated heterocycles. The fraction of sp³-hybridized carbons (Fsp3) is 0.263. The minimum Gasteiger partial charge on any atom is -0.376 e. The molecule has 0 heterocycles. The summed E-state index contributed by atoms with van der Waals surface area (Å²) in [6, 6.07) is 9.80. The van der Waals surface area contributed by atoms with Crippen LogP contribution in [0.15, 0.2) is 36.4 Å². The fourth-order valence-electron chi connectivity index (χ4n) is 2.71. The molecule has 0 fully saturated rings. The van der Waals surface area contributed by atoms with Gasteiger partial charge in [0.25, 0.3) is 5.69 Å². The summed E-state index contributed by atoms with van der Waals surface area (Å²) >= 11 is 0. The molecule has 8 nitrogen and oxygen atoms in total. The zero-order chi connectivity index (χ0) is 20.0. The van der Waals surface area contributed by atoms with Crippen molar-refractivity contribution in [1.29, 1.82) is 0 Å². The molecule has 27 heavy (non-hydrogen) atoms. The van der Waals surface area contributed by atoms with Crippen molar-refractivity contribution in [3.8, 4) is 0 Å². The highest BCUT2D eigenvalue weighted by atomic mass is 16.6. The highest BCUT2D eigenvalue weighted by Crippen LogP contribution is 2.21. The average Bonchev–Trinajstić information content (AvgIpc) is 2.61. The molecule has 0 saturated carbocycles. The molecule has 0 spiro atoms. The van der Waals surface area contributed by atoms with E-state index in [1.165, 1.54) is 18.2 Å². The van der Waals surface area contributed by atoms with Crippen molar-refractivity contribution < 1.29 is 14.5 Å². The van der Waals surface area contributed by atoms with E-state index in [0.717, 1.165) is 22.4 Å². The van der Waals surface area contributed by atoms with Crippen molar-refractivity contribution in [2.24, 2.45) is 0 Å². The lowest BCUT2D eigenvalue weighted by Crippen LogP contribution is -2.36. The molecule has 8 heteroatoms. The van der Waals surface area contributed by atoms with E-state index < -0.39 is 10.8 Å². The number of rotatable bonds is 7. The van der Waals surface area contributed by atoms with Crippen molar-refractivity contribution in [3.05, 3.63) is 63.2 Å². The number of nitrogens with one attached hydrogen (secondary N) is 3. The third-order valence-electron chi connectivity index (χ3n) is 3.90. The summed E-state index contributed by atoms with van der Waals surface area (Å²) in [5.74, 6) is -0.720. The summed E-state index contributed by atoms with van der Waals surface area (Å²) in [4.78, 5) is 34.2. The van der Waals surface area contributed by atoms with Crippen LogP contribution in [0.25, 0.3) is 0 Å². The van der Waals surface area contributed by atoms with Crippen LogP contribution in [0.1, 0.15) is 16.7 Å². The second-order valence-electron chi connectivity index (χ2n) is 6.26. The van der Waals surface area contributed by atoms with Gasteiger partial charge in [0.15, 0.2) is 0 Å². The maximum Gasteiger partial charge on any atom is 0.271 e. The third kappa shape index (κ3) is 5.81. The number of carbonyl (C=O) groups is 2. The van der Waals surface area contributed by atoms with Gasteiger partial charge in [0.2, 0.25) is 11.8 Å². The van der Waals surface area contributed by atoms with Crippen LogP contribution in [0.3, 0.4) is 0 Å². The molecule has 0 aliphatic rings. The Hall–Kier alpha value is -3.42. The Morgan fingerprint density at radius 1 is 1.00 bits per heavy atom. The molecule has 0 atom stereocenters. The summed E-state index contributed by atoms with van der Waals surface area (Å²) in [6.45, 7) is 5.55. The van der Waals surface area contributed by atoms with Gasteiger partial charge in [0, 0.05) is 23.5 Å². The molecule has 0 unspecified atom stereocenters. The van der Waals surface area contributed by atoms with Gasteiger partial charge >= 0.3 is 0 Å². The van der Waals surface area contributed by atoms with Gasteiger partial charge in [-0.3, -0.25) is 19.7 Å². The van der Waals surface area contributed by atoms with Crippen LogP contribution in [0.5, 0.6) is 0 Å². The van der Waals surface area contributed by atoms with E-state index in [0.29, 0.717) is 5.69 Å². The van der Waals surface area contributed by atoms with Crippen LogP contribution >= 0.6 is 0 Å². The highest BCUT2D eigenvalue weighted by Gasteiger charge is 2.10. The standard InChI is InChI=1S/C19H22N4O4/c1-12-7-13(2)19(14(3)8-12)22-18(25)11-21-17(24)10-20-15-5-4-6-16(9-15)23(26)27/h4-9,20H,10-11H2,1-3H3,(H,21,24)(H,22,25). The second-order valence-corrected chi connectivity index (χ2v) is 6.26. The summed E-state index contributed by atoms with van der Waals surface area (Å²) < 4.78 is 0. The number of carbonyl (C=O) groups excluding carboxylic acids is 2. The lowest BCUT2D eigenvalue weighted by molar-refractivity contribution is -0.384.